The van der Waals surface area contributed by atoms with Crippen molar-refractivity contribution in [2.24, 2.45) is 0 Å². The third-order valence-corrected chi connectivity index (χ3v) is 4.39. The fourth-order valence-corrected chi connectivity index (χ4v) is 2.88. The van der Waals surface area contributed by atoms with E-state index in [4.69, 9.17) is 0 Å². The Morgan fingerprint density at radius 3 is 2.55 bits per heavy atom. The molecule has 0 aliphatic carbocycles. The Labute approximate surface area is 121 Å². The van der Waals surface area contributed by atoms with Gasteiger partial charge in [0.25, 0.3) is 0 Å². The lowest BCUT2D eigenvalue weighted by atomic mass is 10.0. The lowest BCUT2D eigenvalue weighted by Gasteiger charge is -2.42. The molecule has 1 aliphatic heterocycles. The topological polar surface area (TPSA) is 26.7 Å². The summed E-state index contributed by atoms with van der Waals surface area (Å²) in [6.07, 6.45) is 0.0584. The average molecular weight is 280 g/mol. The Morgan fingerprint density at radius 1 is 1.30 bits per heavy atom. The van der Waals surface area contributed by atoms with Gasteiger partial charge in [-0.3, -0.25) is 4.90 Å². The van der Waals surface area contributed by atoms with Crippen LogP contribution < -0.4 is 0 Å². The molecule has 20 heavy (non-hydrogen) atoms. The van der Waals surface area contributed by atoms with Crippen LogP contribution in [0.5, 0.6) is 0 Å². The summed E-state index contributed by atoms with van der Waals surface area (Å²) in [6, 6.07) is 7.31. The molecule has 0 saturated carbocycles. The standard InChI is InChI=1S/C16H25FN2O/c1-12-10-19(11-13(2)18(12)3)8-7-16(20)14-5-4-6-15(17)9-14/h4-6,9,12-13,16,20H,7-8,10-11H2,1-3H3. The van der Waals surface area contributed by atoms with Crippen LogP contribution in [0.1, 0.15) is 31.9 Å². The van der Waals surface area contributed by atoms with Crippen LogP contribution >= 0.6 is 0 Å². The van der Waals surface area contributed by atoms with E-state index in [-0.39, 0.29) is 5.82 Å². The van der Waals surface area contributed by atoms with Crippen LogP contribution in [0.3, 0.4) is 0 Å². The summed E-state index contributed by atoms with van der Waals surface area (Å²) in [5.74, 6) is -0.289. The first-order valence-corrected chi connectivity index (χ1v) is 7.35. The molecular formula is C16H25FN2O. The van der Waals surface area contributed by atoms with Crippen molar-refractivity contribution in [2.45, 2.75) is 38.5 Å². The van der Waals surface area contributed by atoms with E-state index in [1.807, 2.05) is 0 Å². The second kappa shape index (κ2) is 6.66. The number of rotatable bonds is 4. The predicted molar refractivity (Wildman–Crippen MR) is 79.1 cm³/mol. The zero-order valence-corrected chi connectivity index (χ0v) is 12.6. The van der Waals surface area contributed by atoms with E-state index in [9.17, 15) is 9.50 Å². The summed E-state index contributed by atoms with van der Waals surface area (Å²) in [5, 5.41) is 10.2. The van der Waals surface area contributed by atoms with Gasteiger partial charge in [0.1, 0.15) is 5.82 Å². The van der Waals surface area contributed by atoms with Crippen molar-refractivity contribution in [3.05, 3.63) is 35.6 Å². The molecule has 1 aromatic rings. The Balaban J connectivity index is 1.86. The fraction of sp³-hybridized carbons (Fsp3) is 0.625. The molecule has 0 bridgehead atoms. The Morgan fingerprint density at radius 2 is 1.95 bits per heavy atom. The summed E-state index contributed by atoms with van der Waals surface area (Å²) >= 11 is 0. The first kappa shape index (κ1) is 15.4. The Bertz CT molecular complexity index is 428. The molecule has 1 fully saturated rings. The van der Waals surface area contributed by atoms with Crippen LogP contribution in [-0.4, -0.2) is 53.7 Å². The van der Waals surface area contributed by atoms with Gasteiger partial charge in [-0.25, -0.2) is 4.39 Å². The van der Waals surface area contributed by atoms with Crippen molar-refractivity contribution in [2.75, 3.05) is 26.7 Å². The maximum atomic E-state index is 13.1. The molecule has 0 spiro atoms. The van der Waals surface area contributed by atoms with Gasteiger partial charge in [-0.2, -0.15) is 0 Å². The van der Waals surface area contributed by atoms with Crippen LogP contribution in [0.4, 0.5) is 4.39 Å². The number of hydrogen-bond acceptors (Lipinski definition) is 3. The van der Waals surface area contributed by atoms with E-state index < -0.39 is 6.10 Å². The maximum absolute atomic E-state index is 13.1. The molecule has 3 unspecified atom stereocenters. The number of benzene rings is 1. The van der Waals surface area contributed by atoms with Crippen LogP contribution in [0.15, 0.2) is 24.3 Å². The van der Waals surface area contributed by atoms with E-state index in [0.29, 0.717) is 24.1 Å². The van der Waals surface area contributed by atoms with Crippen LogP contribution in [-0.2, 0) is 0 Å². The van der Waals surface area contributed by atoms with Gasteiger partial charge in [-0.15, -0.1) is 0 Å². The minimum Gasteiger partial charge on any atom is -0.388 e. The van der Waals surface area contributed by atoms with E-state index in [1.54, 1.807) is 12.1 Å². The highest BCUT2D eigenvalue weighted by Crippen LogP contribution is 2.20. The van der Waals surface area contributed by atoms with Crippen LogP contribution in [0.2, 0.25) is 0 Å². The molecule has 1 aromatic carbocycles. The van der Waals surface area contributed by atoms with Gasteiger partial charge in [0.15, 0.2) is 0 Å². The van der Waals surface area contributed by atoms with Gasteiger partial charge < -0.3 is 10.0 Å². The molecule has 2 rings (SSSR count). The van der Waals surface area contributed by atoms with Gasteiger partial charge in [0.05, 0.1) is 6.10 Å². The number of aliphatic hydroxyl groups is 1. The number of halogens is 1. The molecule has 1 heterocycles. The minimum absolute atomic E-state index is 0.289. The maximum Gasteiger partial charge on any atom is 0.123 e. The van der Waals surface area contributed by atoms with E-state index in [0.717, 1.165) is 19.6 Å². The second-order valence-corrected chi connectivity index (χ2v) is 5.98. The van der Waals surface area contributed by atoms with Gasteiger partial charge in [-0.05, 0) is 45.0 Å². The smallest absolute Gasteiger partial charge is 0.123 e. The summed E-state index contributed by atoms with van der Waals surface area (Å²) < 4.78 is 13.1. The van der Waals surface area contributed by atoms with E-state index in [1.165, 1.54) is 12.1 Å². The molecule has 1 aliphatic rings. The van der Waals surface area contributed by atoms with Crippen LogP contribution in [0, 0.1) is 5.82 Å². The highest BCUT2D eigenvalue weighted by molar-refractivity contribution is 5.18. The lowest BCUT2D eigenvalue weighted by Crippen LogP contribution is -2.55. The van der Waals surface area contributed by atoms with E-state index in [2.05, 4.69) is 30.7 Å². The number of piperazine rings is 1. The highest BCUT2D eigenvalue weighted by atomic mass is 19.1. The molecule has 3 atom stereocenters. The normalized spacial score (nSPS) is 26.6. The zero-order chi connectivity index (χ0) is 14.7. The van der Waals surface area contributed by atoms with Gasteiger partial charge in [0, 0.05) is 31.7 Å². The number of likely N-dealkylation sites (N-methyl/N-ethyl adjacent to an activating group) is 1. The fourth-order valence-electron chi connectivity index (χ4n) is 2.88. The molecule has 112 valence electrons. The van der Waals surface area contributed by atoms with Crippen molar-refractivity contribution < 1.29 is 9.50 Å². The van der Waals surface area contributed by atoms with Crippen molar-refractivity contribution in [3.8, 4) is 0 Å². The van der Waals surface area contributed by atoms with Gasteiger partial charge in [-0.1, -0.05) is 12.1 Å². The molecule has 4 heteroatoms. The molecule has 1 N–H and O–H groups in total. The largest absolute Gasteiger partial charge is 0.388 e. The average Bonchev–Trinajstić information content (AvgIpc) is 2.42. The third-order valence-electron chi connectivity index (χ3n) is 4.39. The summed E-state index contributed by atoms with van der Waals surface area (Å²) in [5.41, 5.74) is 0.667. The quantitative estimate of drug-likeness (QED) is 0.916. The van der Waals surface area contributed by atoms with Gasteiger partial charge >= 0.3 is 0 Å². The lowest BCUT2D eigenvalue weighted by molar-refractivity contribution is 0.0485. The molecule has 3 nitrogen and oxygen atoms in total. The molecule has 1 saturated heterocycles. The van der Waals surface area contributed by atoms with Crippen molar-refractivity contribution >= 4 is 0 Å². The summed E-state index contributed by atoms with van der Waals surface area (Å²) in [4.78, 5) is 4.78. The molecular weight excluding hydrogens is 255 g/mol. The molecule has 0 aromatic heterocycles. The molecule has 0 radical (unpaired) electrons. The van der Waals surface area contributed by atoms with Crippen LogP contribution in [0.25, 0.3) is 0 Å². The first-order chi connectivity index (χ1) is 9.47. The predicted octanol–water partition coefficient (Wildman–Crippen LogP) is 2.27. The summed E-state index contributed by atoms with van der Waals surface area (Å²) in [7, 11) is 2.16. The van der Waals surface area contributed by atoms with Crippen molar-refractivity contribution in [1.82, 2.24) is 9.80 Å². The number of aliphatic hydroxyl groups excluding tert-OH is 1. The monoisotopic (exact) mass is 280 g/mol. The second-order valence-electron chi connectivity index (χ2n) is 5.98. The third kappa shape index (κ3) is 3.78. The Hall–Kier alpha value is -0.970. The zero-order valence-electron chi connectivity index (χ0n) is 12.6. The van der Waals surface area contributed by atoms with E-state index >= 15 is 0 Å². The first-order valence-electron chi connectivity index (χ1n) is 7.35. The highest BCUT2D eigenvalue weighted by Gasteiger charge is 2.26. The number of nitrogens with zero attached hydrogens (tertiary/aromatic N) is 2. The minimum atomic E-state index is -0.587. The summed E-state index contributed by atoms with van der Waals surface area (Å²) in [6.45, 7) is 7.35. The van der Waals surface area contributed by atoms with Gasteiger partial charge in [0.2, 0.25) is 0 Å². The van der Waals surface area contributed by atoms with Crippen molar-refractivity contribution in [1.29, 1.82) is 0 Å². The Kier molecular flexibility index (Phi) is 5.13. The SMILES string of the molecule is CC1CN(CCC(O)c2cccc(F)c2)CC(C)N1C. The van der Waals surface area contributed by atoms with Crippen molar-refractivity contribution in [3.63, 3.8) is 0 Å². The molecule has 0 amide bonds. The number of hydrogen-bond donors (Lipinski definition) is 1.